The molecule has 0 aromatic heterocycles. The third-order valence-corrected chi connectivity index (χ3v) is 7.29. The molecule has 0 unspecified atom stereocenters. The number of hydrogen-bond donors (Lipinski definition) is 3. The largest absolute Gasteiger partial charge is 0.505 e. The summed E-state index contributed by atoms with van der Waals surface area (Å²) in [6.07, 6.45) is 0. The first kappa shape index (κ1) is 23.4. The number of rotatable bonds is 6. The molecule has 0 aliphatic heterocycles. The smallest absolute Gasteiger partial charge is 0.295 e. The molecule has 0 bridgehead atoms. The number of fused-ring (bicyclic) bond motifs is 1. The van der Waals surface area contributed by atoms with Gasteiger partial charge in [-0.15, -0.1) is 5.11 Å². The van der Waals surface area contributed by atoms with Crippen molar-refractivity contribution in [3.05, 3.63) is 84.4 Å². The van der Waals surface area contributed by atoms with Crippen molar-refractivity contribution in [3.8, 4) is 5.75 Å². The van der Waals surface area contributed by atoms with Crippen LogP contribution in [0.25, 0.3) is 10.8 Å². The van der Waals surface area contributed by atoms with Gasteiger partial charge in [-0.05, 0) is 42.8 Å². The fourth-order valence-corrected chi connectivity index (χ4v) is 5.09. The van der Waals surface area contributed by atoms with Crippen LogP contribution in [0.3, 0.4) is 0 Å². The Kier molecular flexibility index (Phi) is 6.09. The van der Waals surface area contributed by atoms with Gasteiger partial charge in [0, 0.05) is 16.5 Å². The minimum atomic E-state index is -4.62. The Bertz CT molecular complexity index is 1630. The van der Waals surface area contributed by atoms with Crippen molar-refractivity contribution in [2.75, 3.05) is 4.72 Å². The summed E-state index contributed by atoms with van der Waals surface area (Å²) < 4.78 is 61.4. The molecule has 3 N–H and O–H groups in total. The lowest BCUT2D eigenvalue weighted by Crippen LogP contribution is -2.12. The van der Waals surface area contributed by atoms with Gasteiger partial charge >= 0.3 is 0 Å². The van der Waals surface area contributed by atoms with Gasteiger partial charge in [-0.3, -0.25) is 9.27 Å². The summed E-state index contributed by atoms with van der Waals surface area (Å²) in [5.41, 5.74) is 0.973. The number of hydrogen-bond acceptors (Lipinski definition) is 7. The predicted molar refractivity (Wildman–Crippen MR) is 128 cm³/mol. The van der Waals surface area contributed by atoms with Crippen LogP contribution in [-0.2, 0) is 20.1 Å². The lowest BCUT2D eigenvalue weighted by Gasteiger charge is -2.10. The van der Waals surface area contributed by atoms with Crippen molar-refractivity contribution in [1.82, 2.24) is 0 Å². The molecule has 0 fully saturated rings. The summed E-state index contributed by atoms with van der Waals surface area (Å²) in [6, 6.07) is 19.7. The van der Waals surface area contributed by atoms with Crippen LogP contribution < -0.4 is 4.72 Å². The quantitative estimate of drug-likeness (QED) is 0.243. The Hall–Kier alpha value is -3.80. The predicted octanol–water partition coefficient (Wildman–Crippen LogP) is 5.32. The monoisotopic (exact) mass is 497 g/mol. The maximum Gasteiger partial charge on any atom is 0.295 e. The zero-order valence-corrected chi connectivity index (χ0v) is 19.4. The maximum atomic E-state index is 12.8. The van der Waals surface area contributed by atoms with E-state index in [1.54, 1.807) is 55.5 Å². The number of azo groups is 1. The van der Waals surface area contributed by atoms with E-state index in [0.29, 0.717) is 11.3 Å². The maximum absolute atomic E-state index is 12.8. The van der Waals surface area contributed by atoms with Crippen LogP contribution in [0.1, 0.15) is 5.56 Å². The Morgan fingerprint density at radius 2 is 1.38 bits per heavy atom. The number of para-hydroxylation sites is 1. The highest BCUT2D eigenvalue weighted by atomic mass is 32.2. The molecule has 4 rings (SSSR count). The Morgan fingerprint density at radius 3 is 2.06 bits per heavy atom. The average Bonchev–Trinajstić information content (AvgIpc) is 2.79. The summed E-state index contributed by atoms with van der Waals surface area (Å²) in [5.74, 6) is -0.334. The van der Waals surface area contributed by atoms with Gasteiger partial charge in [0.15, 0.2) is 5.75 Å². The molecule has 174 valence electrons. The highest BCUT2D eigenvalue weighted by molar-refractivity contribution is 7.92. The first-order chi connectivity index (χ1) is 16.1. The minimum absolute atomic E-state index is 0.0581. The molecular weight excluding hydrogens is 478 g/mol. The lowest BCUT2D eigenvalue weighted by atomic mass is 10.1. The summed E-state index contributed by atoms with van der Waals surface area (Å²) in [6.45, 7) is 1.69. The fraction of sp³-hybridized carbons (Fsp3) is 0.0435. The van der Waals surface area contributed by atoms with Crippen molar-refractivity contribution in [1.29, 1.82) is 0 Å². The number of sulfonamides is 1. The number of nitrogens with zero attached hydrogens (tertiary/aromatic N) is 2. The van der Waals surface area contributed by atoms with Crippen molar-refractivity contribution in [3.63, 3.8) is 0 Å². The highest BCUT2D eigenvalue weighted by Gasteiger charge is 2.20. The number of aromatic hydroxyl groups is 1. The van der Waals surface area contributed by atoms with E-state index in [0.717, 1.165) is 6.07 Å². The Morgan fingerprint density at radius 1 is 0.765 bits per heavy atom. The summed E-state index contributed by atoms with van der Waals surface area (Å²) in [7, 11) is -8.53. The molecule has 0 aliphatic rings. The highest BCUT2D eigenvalue weighted by Crippen LogP contribution is 2.40. The van der Waals surface area contributed by atoms with Crippen molar-refractivity contribution in [2.24, 2.45) is 10.2 Å². The molecular formula is C23H19N3O6S2. The van der Waals surface area contributed by atoms with Gasteiger partial charge in [0.1, 0.15) is 10.6 Å². The Balaban J connectivity index is 1.76. The second kappa shape index (κ2) is 8.86. The number of benzene rings is 4. The summed E-state index contributed by atoms with van der Waals surface area (Å²) in [4.78, 5) is -0.493. The van der Waals surface area contributed by atoms with Crippen LogP contribution in [0.4, 0.5) is 17.1 Å². The molecule has 0 heterocycles. The minimum Gasteiger partial charge on any atom is -0.505 e. The second-order valence-electron chi connectivity index (χ2n) is 7.38. The number of phenolic OH excluding ortho intramolecular Hbond substituents is 1. The van der Waals surface area contributed by atoms with Gasteiger partial charge in [-0.25, -0.2) is 8.42 Å². The van der Waals surface area contributed by atoms with E-state index < -0.39 is 25.0 Å². The second-order valence-corrected chi connectivity index (χ2v) is 10.5. The molecule has 0 saturated carbocycles. The Labute approximate surface area is 196 Å². The van der Waals surface area contributed by atoms with E-state index in [1.807, 2.05) is 0 Å². The van der Waals surface area contributed by atoms with Gasteiger partial charge in [-0.2, -0.15) is 13.5 Å². The van der Waals surface area contributed by atoms with Gasteiger partial charge in [0.05, 0.1) is 10.6 Å². The van der Waals surface area contributed by atoms with Crippen LogP contribution >= 0.6 is 0 Å². The van der Waals surface area contributed by atoms with Crippen LogP contribution in [0.2, 0.25) is 0 Å². The van der Waals surface area contributed by atoms with Crippen LogP contribution in [0.5, 0.6) is 5.75 Å². The molecule has 4 aromatic rings. The lowest BCUT2D eigenvalue weighted by molar-refractivity contribution is 0.480. The van der Waals surface area contributed by atoms with Gasteiger partial charge in [0.25, 0.3) is 20.1 Å². The SMILES string of the molecule is Cc1ccc(S(=O)(=O)Nc2ccccc2)cc1N=Nc1cc(S(=O)(=O)O)c2ccccc2c1O. The number of phenols is 1. The van der Waals surface area contributed by atoms with Crippen LogP contribution in [0, 0.1) is 6.92 Å². The summed E-state index contributed by atoms with van der Waals surface area (Å²) in [5, 5.41) is 18.9. The molecule has 0 atom stereocenters. The summed E-state index contributed by atoms with van der Waals surface area (Å²) >= 11 is 0. The molecule has 0 amide bonds. The molecule has 11 heteroatoms. The van der Waals surface area contributed by atoms with Crippen molar-refractivity contribution in [2.45, 2.75) is 16.7 Å². The van der Waals surface area contributed by atoms with Gasteiger partial charge < -0.3 is 5.11 Å². The fourth-order valence-electron chi connectivity index (χ4n) is 3.29. The molecule has 0 aliphatic carbocycles. The third kappa shape index (κ3) is 4.76. The number of anilines is 1. The molecule has 0 spiro atoms. The first-order valence-corrected chi connectivity index (χ1v) is 12.8. The van der Waals surface area contributed by atoms with Crippen molar-refractivity contribution >= 4 is 48.0 Å². The number of aryl methyl sites for hydroxylation is 1. The molecule has 0 saturated heterocycles. The van der Waals surface area contributed by atoms with E-state index in [2.05, 4.69) is 15.0 Å². The van der Waals surface area contributed by atoms with E-state index in [-0.39, 0.29) is 32.8 Å². The third-order valence-electron chi connectivity index (χ3n) is 5.02. The van der Waals surface area contributed by atoms with E-state index in [1.165, 1.54) is 24.3 Å². The van der Waals surface area contributed by atoms with Crippen molar-refractivity contribution < 1.29 is 26.5 Å². The number of nitrogens with one attached hydrogen (secondary N) is 1. The normalized spacial score (nSPS) is 12.3. The standard InChI is InChI=1S/C23H19N3O6S2/c1-15-11-12-17(33(28,29)26-16-7-3-2-4-8-16)13-20(15)24-25-21-14-22(34(30,31)32)18-9-5-6-10-19(18)23(21)27/h2-14,26-27H,1H3,(H,30,31,32). The zero-order valence-electron chi connectivity index (χ0n) is 17.7. The molecule has 34 heavy (non-hydrogen) atoms. The van der Waals surface area contributed by atoms with Crippen LogP contribution in [-0.4, -0.2) is 26.5 Å². The van der Waals surface area contributed by atoms with E-state index >= 15 is 0 Å². The topological polar surface area (TPSA) is 145 Å². The zero-order chi connectivity index (χ0) is 24.5. The molecule has 0 radical (unpaired) electrons. The average molecular weight is 498 g/mol. The van der Waals surface area contributed by atoms with E-state index in [9.17, 15) is 26.5 Å². The van der Waals surface area contributed by atoms with Gasteiger partial charge in [-0.1, -0.05) is 48.5 Å². The van der Waals surface area contributed by atoms with Gasteiger partial charge in [0.2, 0.25) is 0 Å². The van der Waals surface area contributed by atoms with Crippen LogP contribution in [0.15, 0.2) is 98.9 Å². The van der Waals surface area contributed by atoms with E-state index in [4.69, 9.17) is 0 Å². The molecule has 9 nitrogen and oxygen atoms in total. The molecule has 4 aromatic carbocycles. The first-order valence-electron chi connectivity index (χ1n) is 9.89.